The van der Waals surface area contributed by atoms with Gasteiger partial charge in [-0.2, -0.15) is 0 Å². The van der Waals surface area contributed by atoms with Gasteiger partial charge >= 0.3 is 7.40 Å². The molecule has 2 heterocycles. The van der Waals surface area contributed by atoms with Crippen LogP contribution in [0, 0.1) is 0 Å². The highest BCUT2D eigenvalue weighted by molar-refractivity contribution is 6.41. The molecule has 2 aromatic carbocycles. The molecule has 0 amide bonds. The number of nitrogens with zero attached hydrogens (tertiary/aromatic N) is 2. The third-order valence-electron chi connectivity index (χ3n) is 5.19. The third-order valence-corrected chi connectivity index (χ3v) is 5.19. The summed E-state index contributed by atoms with van der Waals surface area (Å²) in [6.45, 7) is 1.82. The molecule has 6 heteroatoms. The molecule has 31 heavy (non-hydrogen) atoms. The van der Waals surface area contributed by atoms with Gasteiger partial charge in [0.05, 0.1) is 18.5 Å². The zero-order valence-corrected chi connectivity index (χ0v) is 17.3. The van der Waals surface area contributed by atoms with E-state index < -0.39 is 7.40 Å². The lowest BCUT2D eigenvalue weighted by Gasteiger charge is -2.10. The molecular weight excluding hydrogens is 393 g/mol. The molecule has 4 rings (SSSR count). The summed E-state index contributed by atoms with van der Waals surface area (Å²) in [5.74, 6) is 0.768. The van der Waals surface area contributed by atoms with E-state index in [2.05, 4.69) is 4.99 Å². The van der Waals surface area contributed by atoms with Crippen LogP contribution in [0.2, 0.25) is 0 Å². The predicted molar refractivity (Wildman–Crippen MR) is 124 cm³/mol. The van der Waals surface area contributed by atoms with Gasteiger partial charge in [0, 0.05) is 17.0 Å². The molecule has 1 aromatic heterocycles. The van der Waals surface area contributed by atoms with Crippen LogP contribution in [0.25, 0.3) is 17.7 Å². The van der Waals surface area contributed by atoms with Crippen molar-refractivity contribution < 1.29 is 13.4 Å². The summed E-state index contributed by atoms with van der Waals surface area (Å²) < 4.78 is 34.1. The molecule has 0 unspecified atom stereocenters. The van der Waals surface area contributed by atoms with Crippen LogP contribution >= 0.6 is 0 Å². The Balaban J connectivity index is 1.66. The van der Waals surface area contributed by atoms with Crippen molar-refractivity contribution in [3.8, 4) is 5.75 Å². The van der Waals surface area contributed by atoms with Gasteiger partial charge in [-0.25, -0.2) is 4.99 Å². The van der Waals surface area contributed by atoms with Crippen molar-refractivity contribution >= 4 is 30.8 Å². The Labute approximate surface area is 180 Å². The summed E-state index contributed by atoms with van der Waals surface area (Å²) in [4.78, 5) is 4.66. The quantitative estimate of drug-likeness (QED) is 0.440. The van der Waals surface area contributed by atoms with E-state index in [0.29, 0.717) is 22.7 Å². The Hall–Kier alpha value is -3.67. The summed E-state index contributed by atoms with van der Waals surface area (Å²) in [6.07, 6.45) is 7.29. The zero-order valence-electron chi connectivity index (χ0n) is 17.3. The fraction of sp³-hybridized carbons (Fsp3) is 0.0800. The molecular formula is C25H21BF2N2O. The number of hydrogen-bond donors (Lipinski definition) is 0. The van der Waals surface area contributed by atoms with Crippen LogP contribution in [0.3, 0.4) is 0 Å². The van der Waals surface area contributed by atoms with Gasteiger partial charge in [-0.3, -0.25) is 8.63 Å². The fourth-order valence-corrected chi connectivity index (χ4v) is 3.49. The predicted octanol–water partition coefficient (Wildman–Crippen LogP) is 6.23. The van der Waals surface area contributed by atoms with Gasteiger partial charge < -0.3 is 9.21 Å². The number of allylic oxidation sites excluding steroid dienone is 3. The molecule has 0 saturated carbocycles. The van der Waals surface area contributed by atoms with E-state index in [1.165, 1.54) is 0 Å². The van der Waals surface area contributed by atoms with Crippen LogP contribution in [-0.4, -0.2) is 24.7 Å². The molecule has 0 spiro atoms. The minimum atomic E-state index is -2.66. The van der Waals surface area contributed by atoms with E-state index in [1.807, 2.05) is 79.7 Å². The Morgan fingerprint density at radius 3 is 2.35 bits per heavy atom. The highest BCUT2D eigenvalue weighted by Gasteiger charge is 2.24. The Bertz CT molecular complexity index is 1190. The summed E-state index contributed by atoms with van der Waals surface area (Å²) >= 11 is 0. The molecule has 0 atom stereocenters. The second-order valence-electron chi connectivity index (χ2n) is 7.10. The topological polar surface area (TPSA) is 26.5 Å². The molecule has 0 bridgehead atoms. The average Bonchev–Trinajstić information content (AvgIpc) is 3.46. The minimum Gasteiger partial charge on any atom is -0.497 e. The maximum absolute atomic E-state index is 13.9. The van der Waals surface area contributed by atoms with Gasteiger partial charge in [0.15, 0.2) is 0 Å². The Morgan fingerprint density at radius 2 is 1.68 bits per heavy atom. The van der Waals surface area contributed by atoms with E-state index in [-0.39, 0.29) is 0 Å². The lowest BCUT2D eigenvalue weighted by molar-refractivity contribution is 0.415. The molecule has 1 aliphatic heterocycles. The summed E-state index contributed by atoms with van der Waals surface area (Å²) in [5, 5.41) is 0. The molecule has 154 valence electrons. The number of ether oxygens (including phenoxy) is 1. The second-order valence-corrected chi connectivity index (χ2v) is 7.10. The lowest BCUT2D eigenvalue weighted by Crippen LogP contribution is -2.17. The zero-order chi connectivity index (χ0) is 21.8. The summed E-state index contributed by atoms with van der Waals surface area (Å²) in [5.41, 5.74) is 4.93. The van der Waals surface area contributed by atoms with Crippen LogP contribution in [0.15, 0.2) is 89.6 Å². The molecule has 3 aromatic rings. The highest BCUT2D eigenvalue weighted by Crippen LogP contribution is 2.28. The van der Waals surface area contributed by atoms with Gasteiger partial charge in [0.25, 0.3) is 0 Å². The van der Waals surface area contributed by atoms with Crippen molar-refractivity contribution in [3.05, 3.63) is 107 Å². The SMILES string of the molecule is COc1ccc(C2=N/C(=C(/C)c3ccc(/C=C/c4ccccc4)n3B(F)F)C=C2)cc1. The van der Waals surface area contributed by atoms with Crippen LogP contribution in [0.1, 0.15) is 29.4 Å². The largest absolute Gasteiger partial charge is 0.678 e. The number of methoxy groups -OCH3 is 1. The van der Waals surface area contributed by atoms with Gasteiger partial charge in [-0.1, -0.05) is 36.4 Å². The number of benzene rings is 2. The van der Waals surface area contributed by atoms with E-state index in [9.17, 15) is 8.63 Å². The number of aliphatic imine (C=N–C) groups is 1. The van der Waals surface area contributed by atoms with E-state index in [0.717, 1.165) is 27.1 Å². The highest BCUT2D eigenvalue weighted by atomic mass is 19.2. The van der Waals surface area contributed by atoms with Crippen molar-refractivity contribution in [2.45, 2.75) is 6.92 Å². The lowest BCUT2D eigenvalue weighted by atomic mass is 10.1. The summed E-state index contributed by atoms with van der Waals surface area (Å²) in [6, 6.07) is 20.6. The molecule has 0 aliphatic carbocycles. The van der Waals surface area contributed by atoms with Gasteiger partial charge in [-0.15, -0.1) is 0 Å². The van der Waals surface area contributed by atoms with Crippen LogP contribution in [-0.2, 0) is 0 Å². The maximum Gasteiger partial charge on any atom is 0.678 e. The number of aromatic nitrogens is 1. The van der Waals surface area contributed by atoms with Crippen LogP contribution < -0.4 is 4.74 Å². The second kappa shape index (κ2) is 9.00. The summed E-state index contributed by atoms with van der Waals surface area (Å²) in [7, 11) is -1.04. The standard InChI is InChI=1S/C25H21BF2N2O/c1-18(23-15-16-24(29-23)20-9-13-22(31-2)14-10-20)25-17-12-21(30(25)26(27)28)11-8-19-6-4-3-5-7-19/h3-17H,1-2H3/b11-8+,23-18-. The van der Waals surface area contributed by atoms with Crippen molar-refractivity contribution in [2.75, 3.05) is 7.11 Å². The van der Waals surface area contributed by atoms with E-state index >= 15 is 0 Å². The maximum atomic E-state index is 13.9. The smallest absolute Gasteiger partial charge is 0.497 e. The molecule has 3 nitrogen and oxygen atoms in total. The Kier molecular flexibility index (Phi) is 5.98. The average molecular weight is 414 g/mol. The first-order valence-electron chi connectivity index (χ1n) is 9.92. The number of halogens is 2. The minimum absolute atomic E-state index is 0.440. The van der Waals surface area contributed by atoms with Gasteiger partial charge in [0.2, 0.25) is 0 Å². The molecule has 0 fully saturated rings. The first-order valence-corrected chi connectivity index (χ1v) is 9.92. The van der Waals surface area contributed by atoms with Gasteiger partial charge in [0.1, 0.15) is 5.75 Å². The molecule has 0 saturated heterocycles. The van der Waals surface area contributed by atoms with Crippen molar-refractivity contribution in [2.24, 2.45) is 4.99 Å². The van der Waals surface area contributed by atoms with Crippen molar-refractivity contribution in [3.63, 3.8) is 0 Å². The van der Waals surface area contributed by atoms with Crippen LogP contribution in [0.5, 0.6) is 5.75 Å². The van der Waals surface area contributed by atoms with E-state index in [4.69, 9.17) is 4.74 Å². The van der Waals surface area contributed by atoms with Crippen molar-refractivity contribution in [1.82, 2.24) is 4.48 Å². The molecule has 1 aliphatic rings. The fourth-order valence-electron chi connectivity index (χ4n) is 3.49. The molecule has 0 N–H and O–H groups in total. The monoisotopic (exact) mass is 414 g/mol. The van der Waals surface area contributed by atoms with Crippen LogP contribution in [0.4, 0.5) is 8.63 Å². The van der Waals surface area contributed by atoms with Gasteiger partial charge in [-0.05, 0) is 72.7 Å². The first kappa shape index (κ1) is 20.6. The Morgan fingerprint density at radius 1 is 0.935 bits per heavy atom. The molecule has 0 radical (unpaired) electrons. The number of hydrogen-bond acceptors (Lipinski definition) is 2. The normalized spacial score (nSPS) is 14.8. The third kappa shape index (κ3) is 4.43. The number of rotatable bonds is 6. The first-order chi connectivity index (χ1) is 15.1. The van der Waals surface area contributed by atoms with Crippen molar-refractivity contribution in [1.29, 1.82) is 0 Å². The van der Waals surface area contributed by atoms with E-state index in [1.54, 1.807) is 25.3 Å².